The standard InChI is InChI=1S/C24H22ClFN6O3/c25-17-10-13(2-6-16(17)23(33)30-15-4-5-15)20-12-29-22-21(27-8-1-9-28-24(34)35)31-18-7-3-14(26)11-19(18)32(20)22/h2-3,6-7,10-12,15,28H,1,4-5,8-9H2,(H,27,31)(H,30,33)(H,34,35). The lowest BCUT2D eigenvalue weighted by atomic mass is 10.1. The number of hydrogen-bond acceptors (Lipinski definition) is 5. The SMILES string of the molecule is O=C(O)NCCCNc1nc2ccc(F)cc2n2c(-c3ccc(C(=O)NC4CC4)c(Cl)c3)cnc12. The number of hydrogen-bond donors (Lipinski definition) is 4. The molecule has 0 aliphatic heterocycles. The third kappa shape index (κ3) is 4.83. The molecule has 2 amide bonds. The molecule has 1 fully saturated rings. The number of fused-ring (bicyclic) bond motifs is 3. The van der Waals surface area contributed by atoms with Crippen molar-refractivity contribution in [3.63, 3.8) is 0 Å². The van der Waals surface area contributed by atoms with Gasteiger partial charge in [-0.2, -0.15) is 0 Å². The number of aromatic nitrogens is 3. The Bertz CT molecular complexity index is 1450. The summed E-state index contributed by atoms with van der Waals surface area (Å²) in [6.07, 6.45) is 3.06. The van der Waals surface area contributed by atoms with Gasteiger partial charge in [0.1, 0.15) is 5.82 Å². The van der Waals surface area contributed by atoms with Gasteiger partial charge in [0, 0.05) is 30.8 Å². The van der Waals surface area contributed by atoms with Gasteiger partial charge in [-0.25, -0.2) is 19.2 Å². The first-order valence-corrected chi connectivity index (χ1v) is 11.6. The van der Waals surface area contributed by atoms with E-state index in [1.165, 1.54) is 12.1 Å². The Kier molecular flexibility index (Phi) is 6.12. The van der Waals surface area contributed by atoms with Crippen LogP contribution in [0.3, 0.4) is 0 Å². The van der Waals surface area contributed by atoms with Gasteiger partial charge in [-0.15, -0.1) is 0 Å². The molecule has 2 aromatic carbocycles. The van der Waals surface area contributed by atoms with Crippen LogP contribution in [0.4, 0.5) is 15.0 Å². The fourth-order valence-electron chi connectivity index (χ4n) is 3.87. The van der Waals surface area contributed by atoms with Gasteiger partial charge in [0.15, 0.2) is 11.5 Å². The third-order valence-electron chi connectivity index (χ3n) is 5.73. The van der Waals surface area contributed by atoms with E-state index in [0.717, 1.165) is 12.8 Å². The Balaban J connectivity index is 1.52. The minimum absolute atomic E-state index is 0.206. The maximum Gasteiger partial charge on any atom is 0.404 e. The van der Waals surface area contributed by atoms with Crippen molar-refractivity contribution in [2.24, 2.45) is 0 Å². The van der Waals surface area contributed by atoms with Gasteiger partial charge < -0.3 is 21.1 Å². The second kappa shape index (κ2) is 9.38. The fraction of sp³-hybridized carbons (Fsp3) is 0.250. The van der Waals surface area contributed by atoms with Crippen LogP contribution in [0, 0.1) is 5.82 Å². The van der Waals surface area contributed by atoms with Crippen LogP contribution in [-0.4, -0.2) is 50.6 Å². The van der Waals surface area contributed by atoms with Gasteiger partial charge in [0.05, 0.1) is 33.5 Å². The van der Waals surface area contributed by atoms with Crippen LogP contribution < -0.4 is 16.0 Å². The van der Waals surface area contributed by atoms with Crippen LogP contribution in [0.15, 0.2) is 42.6 Å². The number of rotatable bonds is 8. The molecule has 0 unspecified atom stereocenters. The minimum atomic E-state index is -1.08. The largest absolute Gasteiger partial charge is 0.465 e. The second-order valence-corrected chi connectivity index (χ2v) is 8.76. The lowest BCUT2D eigenvalue weighted by Crippen LogP contribution is -2.25. The highest BCUT2D eigenvalue weighted by Crippen LogP contribution is 2.31. The molecule has 2 aromatic heterocycles. The third-order valence-corrected chi connectivity index (χ3v) is 6.04. The number of anilines is 1. The molecule has 1 saturated carbocycles. The van der Waals surface area contributed by atoms with E-state index in [-0.39, 0.29) is 18.5 Å². The molecule has 0 saturated heterocycles. The maximum atomic E-state index is 14.2. The van der Waals surface area contributed by atoms with Crippen molar-refractivity contribution in [2.75, 3.05) is 18.4 Å². The second-order valence-electron chi connectivity index (χ2n) is 8.35. The van der Waals surface area contributed by atoms with Crippen LogP contribution in [0.2, 0.25) is 5.02 Å². The van der Waals surface area contributed by atoms with Gasteiger partial charge in [0.25, 0.3) is 5.91 Å². The first-order chi connectivity index (χ1) is 16.9. The molecular weight excluding hydrogens is 475 g/mol. The van der Waals surface area contributed by atoms with E-state index in [1.807, 2.05) is 0 Å². The smallest absolute Gasteiger partial charge is 0.404 e. The first kappa shape index (κ1) is 22.9. The van der Waals surface area contributed by atoms with Crippen molar-refractivity contribution in [3.8, 4) is 11.3 Å². The van der Waals surface area contributed by atoms with Crippen molar-refractivity contribution < 1.29 is 19.1 Å². The lowest BCUT2D eigenvalue weighted by Gasteiger charge is -2.12. The molecule has 180 valence electrons. The first-order valence-electron chi connectivity index (χ1n) is 11.2. The van der Waals surface area contributed by atoms with Gasteiger partial charge in [-0.1, -0.05) is 17.7 Å². The number of carbonyl (C=O) groups excluding carboxylic acids is 1. The molecule has 0 atom stereocenters. The predicted octanol–water partition coefficient (Wildman–Crippen LogP) is 4.30. The maximum absolute atomic E-state index is 14.2. The Labute approximate surface area is 204 Å². The molecule has 4 aromatic rings. The van der Waals surface area contributed by atoms with Crippen molar-refractivity contribution >= 4 is 46.1 Å². The molecule has 2 heterocycles. The Morgan fingerprint density at radius 2 is 2.00 bits per heavy atom. The normalized spacial score (nSPS) is 13.2. The summed E-state index contributed by atoms with van der Waals surface area (Å²) in [5.74, 6) is -0.133. The van der Waals surface area contributed by atoms with Gasteiger partial charge >= 0.3 is 6.09 Å². The van der Waals surface area contributed by atoms with Crippen LogP contribution >= 0.6 is 11.6 Å². The molecule has 11 heteroatoms. The molecule has 1 aliphatic rings. The summed E-state index contributed by atoms with van der Waals surface area (Å²) in [4.78, 5) is 32.2. The number of imidazole rings is 1. The highest BCUT2D eigenvalue weighted by atomic mass is 35.5. The summed E-state index contributed by atoms with van der Waals surface area (Å²) in [7, 11) is 0. The summed E-state index contributed by atoms with van der Waals surface area (Å²) >= 11 is 6.47. The van der Waals surface area contributed by atoms with Gasteiger partial charge in [-0.05, 0) is 43.5 Å². The number of carbonyl (C=O) groups is 2. The molecule has 1 aliphatic carbocycles. The van der Waals surface area contributed by atoms with E-state index in [1.54, 1.807) is 34.9 Å². The quantitative estimate of drug-likeness (QED) is 0.270. The van der Waals surface area contributed by atoms with Gasteiger partial charge in [0.2, 0.25) is 0 Å². The van der Waals surface area contributed by atoms with E-state index in [2.05, 4.69) is 25.9 Å². The zero-order valence-corrected chi connectivity index (χ0v) is 19.3. The minimum Gasteiger partial charge on any atom is -0.465 e. The number of amides is 2. The number of halogens is 2. The number of nitrogens with zero attached hydrogens (tertiary/aromatic N) is 3. The lowest BCUT2D eigenvalue weighted by molar-refractivity contribution is 0.0951. The zero-order chi connectivity index (χ0) is 24.5. The zero-order valence-electron chi connectivity index (χ0n) is 18.5. The van der Waals surface area contributed by atoms with Crippen LogP contribution in [-0.2, 0) is 0 Å². The number of benzene rings is 2. The highest BCUT2D eigenvalue weighted by Gasteiger charge is 2.25. The molecule has 5 rings (SSSR count). The molecule has 0 bridgehead atoms. The van der Waals surface area contributed by atoms with Crippen molar-refractivity contribution in [2.45, 2.75) is 25.3 Å². The topological polar surface area (TPSA) is 121 Å². The molecule has 35 heavy (non-hydrogen) atoms. The summed E-state index contributed by atoms with van der Waals surface area (Å²) in [5, 5.41) is 17.5. The van der Waals surface area contributed by atoms with Crippen LogP contribution in [0.5, 0.6) is 0 Å². The van der Waals surface area contributed by atoms with Crippen molar-refractivity contribution in [1.82, 2.24) is 25.0 Å². The summed E-state index contributed by atoms with van der Waals surface area (Å²) < 4.78 is 16.0. The summed E-state index contributed by atoms with van der Waals surface area (Å²) in [5.41, 5.74) is 3.32. The Morgan fingerprint density at radius 3 is 2.74 bits per heavy atom. The molecule has 9 nitrogen and oxygen atoms in total. The molecule has 0 radical (unpaired) electrons. The van der Waals surface area contributed by atoms with Crippen LogP contribution in [0.1, 0.15) is 29.6 Å². The van der Waals surface area contributed by atoms with Crippen molar-refractivity contribution in [1.29, 1.82) is 0 Å². The summed E-state index contributed by atoms with van der Waals surface area (Å²) in [6, 6.07) is 9.69. The number of carboxylic acid groups (broad SMARTS) is 1. The number of nitrogens with one attached hydrogen (secondary N) is 3. The highest BCUT2D eigenvalue weighted by molar-refractivity contribution is 6.34. The molecule has 0 spiro atoms. The average Bonchev–Trinajstić information content (AvgIpc) is 3.52. The van der Waals surface area contributed by atoms with Crippen molar-refractivity contribution in [3.05, 3.63) is 59.0 Å². The summed E-state index contributed by atoms with van der Waals surface area (Å²) in [6.45, 7) is 0.741. The monoisotopic (exact) mass is 496 g/mol. The predicted molar refractivity (Wildman–Crippen MR) is 131 cm³/mol. The Hall–Kier alpha value is -3.92. The Morgan fingerprint density at radius 1 is 1.17 bits per heavy atom. The molecule has 4 N–H and O–H groups in total. The van der Waals surface area contributed by atoms with Gasteiger partial charge in [-0.3, -0.25) is 9.20 Å². The van der Waals surface area contributed by atoms with E-state index < -0.39 is 11.9 Å². The fourth-order valence-corrected chi connectivity index (χ4v) is 4.13. The molecular formula is C24H22ClFN6O3. The van der Waals surface area contributed by atoms with Crippen LogP contribution in [0.25, 0.3) is 27.9 Å². The van der Waals surface area contributed by atoms with E-state index in [9.17, 15) is 14.0 Å². The average molecular weight is 497 g/mol. The van der Waals surface area contributed by atoms with E-state index >= 15 is 0 Å². The van der Waals surface area contributed by atoms with E-state index in [4.69, 9.17) is 16.7 Å². The van der Waals surface area contributed by atoms with E-state index in [0.29, 0.717) is 57.3 Å².